The molecular formula is C16H22N2O3. The fourth-order valence-electron chi connectivity index (χ4n) is 2.80. The predicted molar refractivity (Wildman–Crippen MR) is 82.4 cm³/mol. The van der Waals surface area contributed by atoms with Crippen molar-refractivity contribution >= 4 is 17.3 Å². The summed E-state index contributed by atoms with van der Waals surface area (Å²) < 4.78 is 11.3. The number of unbranched alkanes of at least 4 members (excludes halogenated alkanes) is 1. The molecule has 0 radical (unpaired) electrons. The molecule has 1 N–H and O–H groups in total. The maximum atomic E-state index is 12.6. The van der Waals surface area contributed by atoms with Gasteiger partial charge in [-0.25, -0.2) is 0 Å². The van der Waals surface area contributed by atoms with E-state index in [4.69, 9.17) is 9.47 Å². The molecule has 0 saturated heterocycles. The fourth-order valence-corrected chi connectivity index (χ4v) is 2.80. The maximum absolute atomic E-state index is 12.6. The summed E-state index contributed by atoms with van der Waals surface area (Å²) in [6.45, 7) is 6.03. The van der Waals surface area contributed by atoms with Crippen LogP contribution in [-0.4, -0.2) is 31.7 Å². The highest BCUT2D eigenvalue weighted by molar-refractivity contribution is 6.05. The van der Waals surface area contributed by atoms with Crippen LogP contribution in [-0.2, 0) is 4.79 Å². The molecule has 1 aromatic carbocycles. The van der Waals surface area contributed by atoms with Crippen LogP contribution in [0.2, 0.25) is 0 Å². The van der Waals surface area contributed by atoms with Crippen molar-refractivity contribution in [3.63, 3.8) is 0 Å². The van der Waals surface area contributed by atoms with Gasteiger partial charge in [0.1, 0.15) is 19.3 Å². The lowest BCUT2D eigenvalue weighted by Gasteiger charge is -2.36. The van der Waals surface area contributed by atoms with E-state index in [0.717, 1.165) is 48.7 Å². The Balaban J connectivity index is 2.00. The second kappa shape index (κ2) is 5.84. The molecule has 114 valence electrons. The number of carbonyl (C=O) groups excluding carboxylic acids is 1. The Morgan fingerprint density at radius 1 is 1.24 bits per heavy atom. The van der Waals surface area contributed by atoms with Crippen molar-refractivity contribution in [3.05, 3.63) is 12.1 Å². The predicted octanol–water partition coefficient (Wildman–Crippen LogP) is 2.80. The SMILES string of the molecule is CCCCN1C(=O)C(CC)Nc2cc3c(cc21)OCCO3. The van der Waals surface area contributed by atoms with Crippen LogP contribution in [0.5, 0.6) is 11.5 Å². The number of nitrogens with zero attached hydrogens (tertiary/aromatic N) is 1. The molecule has 5 heteroatoms. The topological polar surface area (TPSA) is 50.8 Å². The molecular weight excluding hydrogens is 268 g/mol. The largest absolute Gasteiger partial charge is 0.486 e. The average molecular weight is 290 g/mol. The highest BCUT2D eigenvalue weighted by atomic mass is 16.6. The number of hydrogen-bond acceptors (Lipinski definition) is 4. The number of anilines is 2. The molecule has 2 aliphatic heterocycles. The Morgan fingerprint density at radius 2 is 1.95 bits per heavy atom. The molecule has 3 rings (SSSR count). The van der Waals surface area contributed by atoms with Gasteiger partial charge in [-0.1, -0.05) is 20.3 Å². The third-order valence-corrected chi connectivity index (χ3v) is 3.99. The van der Waals surface area contributed by atoms with Crippen molar-refractivity contribution in [2.24, 2.45) is 0 Å². The van der Waals surface area contributed by atoms with Gasteiger partial charge in [0.05, 0.1) is 11.4 Å². The minimum absolute atomic E-state index is 0.148. The van der Waals surface area contributed by atoms with Gasteiger partial charge in [0.2, 0.25) is 5.91 Å². The van der Waals surface area contributed by atoms with Crippen molar-refractivity contribution < 1.29 is 14.3 Å². The van der Waals surface area contributed by atoms with Crippen molar-refractivity contribution in [3.8, 4) is 11.5 Å². The number of carbonyl (C=O) groups is 1. The Morgan fingerprint density at radius 3 is 2.62 bits per heavy atom. The molecule has 0 saturated carbocycles. The summed E-state index contributed by atoms with van der Waals surface area (Å²) >= 11 is 0. The molecule has 1 unspecified atom stereocenters. The molecule has 0 bridgehead atoms. The molecule has 1 amide bonds. The van der Waals surface area contributed by atoms with E-state index in [1.807, 2.05) is 24.0 Å². The van der Waals surface area contributed by atoms with Gasteiger partial charge < -0.3 is 19.7 Å². The first-order valence-electron chi connectivity index (χ1n) is 7.76. The van der Waals surface area contributed by atoms with Gasteiger partial charge in [-0.05, 0) is 12.8 Å². The summed E-state index contributed by atoms with van der Waals surface area (Å²) in [4.78, 5) is 14.5. The molecule has 2 aliphatic rings. The van der Waals surface area contributed by atoms with Crippen LogP contribution in [0.1, 0.15) is 33.1 Å². The first-order chi connectivity index (χ1) is 10.2. The van der Waals surface area contributed by atoms with Gasteiger partial charge in [0.25, 0.3) is 0 Å². The van der Waals surface area contributed by atoms with E-state index >= 15 is 0 Å². The van der Waals surface area contributed by atoms with Crippen molar-refractivity contribution in [2.45, 2.75) is 39.2 Å². The molecule has 0 spiro atoms. The Bertz CT molecular complexity index is 545. The summed E-state index contributed by atoms with van der Waals surface area (Å²) in [5.41, 5.74) is 1.87. The number of ether oxygens (including phenoxy) is 2. The van der Waals surface area contributed by atoms with E-state index in [-0.39, 0.29) is 11.9 Å². The summed E-state index contributed by atoms with van der Waals surface area (Å²) in [6.07, 6.45) is 2.83. The van der Waals surface area contributed by atoms with Gasteiger partial charge in [-0.2, -0.15) is 0 Å². The zero-order valence-electron chi connectivity index (χ0n) is 12.6. The van der Waals surface area contributed by atoms with Crippen molar-refractivity contribution in [1.82, 2.24) is 0 Å². The molecule has 1 aromatic rings. The standard InChI is InChI=1S/C16H22N2O3/c1-3-5-6-18-13-10-15-14(20-7-8-21-15)9-12(13)17-11(4-2)16(18)19/h9-11,17H,3-8H2,1-2H3. The third kappa shape index (κ3) is 2.52. The van der Waals surface area contributed by atoms with Crippen LogP contribution in [0.15, 0.2) is 12.1 Å². The molecule has 0 aromatic heterocycles. The van der Waals surface area contributed by atoms with E-state index in [1.165, 1.54) is 0 Å². The minimum atomic E-state index is -0.156. The second-order valence-electron chi connectivity index (χ2n) is 5.46. The van der Waals surface area contributed by atoms with Gasteiger partial charge in [0, 0.05) is 18.7 Å². The van der Waals surface area contributed by atoms with Crippen LogP contribution >= 0.6 is 0 Å². The second-order valence-corrected chi connectivity index (χ2v) is 5.46. The Kier molecular flexibility index (Phi) is 3.90. The number of rotatable bonds is 4. The van der Waals surface area contributed by atoms with Gasteiger partial charge >= 0.3 is 0 Å². The monoisotopic (exact) mass is 290 g/mol. The first-order valence-corrected chi connectivity index (χ1v) is 7.76. The van der Waals surface area contributed by atoms with Gasteiger partial charge in [-0.15, -0.1) is 0 Å². The van der Waals surface area contributed by atoms with E-state index < -0.39 is 0 Å². The Labute approximate surface area is 125 Å². The summed E-state index contributed by atoms with van der Waals surface area (Å²) in [5.74, 6) is 1.63. The number of amides is 1. The van der Waals surface area contributed by atoms with Gasteiger partial charge in [-0.3, -0.25) is 4.79 Å². The van der Waals surface area contributed by atoms with E-state index in [9.17, 15) is 4.79 Å². The number of nitrogens with one attached hydrogen (secondary N) is 1. The lowest BCUT2D eigenvalue weighted by molar-refractivity contribution is -0.119. The quantitative estimate of drug-likeness (QED) is 0.926. The number of hydrogen-bond donors (Lipinski definition) is 1. The van der Waals surface area contributed by atoms with Crippen molar-refractivity contribution in [1.29, 1.82) is 0 Å². The van der Waals surface area contributed by atoms with Crippen molar-refractivity contribution in [2.75, 3.05) is 30.0 Å². The highest BCUT2D eigenvalue weighted by Gasteiger charge is 2.32. The lowest BCUT2D eigenvalue weighted by atomic mass is 10.1. The van der Waals surface area contributed by atoms with Crippen LogP contribution in [0, 0.1) is 0 Å². The molecule has 0 fully saturated rings. The zero-order valence-corrected chi connectivity index (χ0v) is 12.6. The van der Waals surface area contributed by atoms with Crippen LogP contribution in [0.3, 0.4) is 0 Å². The third-order valence-electron chi connectivity index (χ3n) is 3.99. The van der Waals surface area contributed by atoms with E-state index in [2.05, 4.69) is 12.2 Å². The van der Waals surface area contributed by atoms with Crippen LogP contribution in [0.25, 0.3) is 0 Å². The summed E-state index contributed by atoms with van der Waals surface area (Å²) in [5, 5.41) is 3.33. The van der Waals surface area contributed by atoms with Crippen LogP contribution < -0.4 is 19.7 Å². The van der Waals surface area contributed by atoms with Crippen LogP contribution in [0.4, 0.5) is 11.4 Å². The first kappa shape index (κ1) is 14.0. The molecule has 21 heavy (non-hydrogen) atoms. The van der Waals surface area contributed by atoms with E-state index in [1.54, 1.807) is 0 Å². The fraction of sp³-hybridized carbons (Fsp3) is 0.562. The van der Waals surface area contributed by atoms with Gasteiger partial charge in [0.15, 0.2) is 11.5 Å². The molecule has 2 heterocycles. The Hall–Kier alpha value is -1.91. The summed E-state index contributed by atoms with van der Waals surface area (Å²) in [6, 6.07) is 3.73. The maximum Gasteiger partial charge on any atom is 0.249 e. The normalized spacial score (nSPS) is 20.0. The molecule has 5 nitrogen and oxygen atoms in total. The minimum Gasteiger partial charge on any atom is -0.486 e. The number of fused-ring (bicyclic) bond motifs is 2. The average Bonchev–Trinajstić information content (AvgIpc) is 2.52. The molecule has 1 atom stereocenters. The zero-order chi connectivity index (χ0) is 14.8. The van der Waals surface area contributed by atoms with E-state index in [0.29, 0.717) is 13.2 Å². The lowest BCUT2D eigenvalue weighted by Crippen LogP contribution is -2.47. The number of benzene rings is 1. The molecule has 0 aliphatic carbocycles. The smallest absolute Gasteiger partial charge is 0.249 e. The highest BCUT2D eigenvalue weighted by Crippen LogP contribution is 2.42. The summed E-state index contributed by atoms with van der Waals surface area (Å²) in [7, 11) is 0.